The van der Waals surface area contributed by atoms with Gasteiger partial charge in [-0.3, -0.25) is 4.79 Å². The molecule has 3 saturated heterocycles. The molecule has 28 heavy (non-hydrogen) atoms. The molecule has 1 N–H and O–H groups in total. The number of rotatable bonds is 3. The molecule has 3 aliphatic heterocycles. The van der Waals surface area contributed by atoms with Gasteiger partial charge in [0.2, 0.25) is 0 Å². The van der Waals surface area contributed by atoms with Crippen LogP contribution in [0.4, 0.5) is 0 Å². The third kappa shape index (κ3) is 4.00. The van der Waals surface area contributed by atoms with Gasteiger partial charge in [-0.2, -0.15) is 5.10 Å². The molecule has 0 aromatic heterocycles. The average Bonchev–Trinajstić information content (AvgIpc) is 3.08. The van der Waals surface area contributed by atoms with E-state index < -0.39 is 48.2 Å². The van der Waals surface area contributed by atoms with E-state index in [1.54, 1.807) is 33.9 Å². The SMILES string of the molecule is CC1(C)OC2OC(C(=O)NN=Cc3cccc(Br)c3)C3OC(C)(C)OC3C2O1. The second-order valence-corrected chi connectivity index (χ2v) is 8.79. The molecule has 4 rings (SSSR count). The highest BCUT2D eigenvalue weighted by Crippen LogP contribution is 2.44. The maximum Gasteiger partial charge on any atom is 0.272 e. The molecule has 152 valence electrons. The van der Waals surface area contributed by atoms with Crippen LogP contribution >= 0.6 is 15.9 Å². The molecule has 0 radical (unpaired) electrons. The number of carbonyl (C=O) groups is 1. The molecule has 1 amide bonds. The van der Waals surface area contributed by atoms with Crippen LogP contribution in [0.15, 0.2) is 33.8 Å². The van der Waals surface area contributed by atoms with Gasteiger partial charge in [0.05, 0.1) is 6.21 Å². The Morgan fingerprint density at radius 1 is 1.07 bits per heavy atom. The Bertz CT molecular complexity index is 798. The molecule has 1 aromatic rings. The third-order valence-electron chi connectivity index (χ3n) is 4.65. The summed E-state index contributed by atoms with van der Waals surface area (Å²) in [4.78, 5) is 12.8. The average molecular weight is 455 g/mol. The summed E-state index contributed by atoms with van der Waals surface area (Å²) in [5, 5.41) is 4.03. The normalized spacial score (nSPS) is 35.5. The van der Waals surface area contributed by atoms with Crippen LogP contribution in [0.5, 0.6) is 0 Å². The van der Waals surface area contributed by atoms with Gasteiger partial charge in [0.15, 0.2) is 24.0 Å². The summed E-state index contributed by atoms with van der Waals surface area (Å²) in [5.41, 5.74) is 3.36. The predicted octanol–water partition coefficient (Wildman–Crippen LogP) is 2.30. The number of hydrogen-bond donors (Lipinski definition) is 1. The van der Waals surface area contributed by atoms with Crippen molar-refractivity contribution in [2.45, 2.75) is 70.0 Å². The number of halogens is 1. The monoisotopic (exact) mass is 454 g/mol. The second kappa shape index (κ2) is 7.16. The summed E-state index contributed by atoms with van der Waals surface area (Å²) in [5.74, 6) is -2.13. The van der Waals surface area contributed by atoms with Crippen LogP contribution in [-0.2, 0) is 28.5 Å². The number of ether oxygens (including phenoxy) is 5. The maximum atomic E-state index is 12.8. The fourth-order valence-corrected chi connectivity index (χ4v) is 4.06. The van der Waals surface area contributed by atoms with Gasteiger partial charge in [0.25, 0.3) is 5.91 Å². The summed E-state index contributed by atoms with van der Waals surface area (Å²) in [7, 11) is 0. The number of hydrogen-bond acceptors (Lipinski definition) is 7. The summed E-state index contributed by atoms with van der Waals surface area (Å²) >= 11 is 3.40. The molecule has 0 spiro atoms. The van der Waals surface area contributed by atoms with Crippen LogP contribution in [0.1, 0.15) is 33.3 Å². The maximum absolute atomic E-state index is 12.8. The first-order chi connectivity index (χ1) is 13.1. The van der Waals surface area contributed by atoms with Crippen molar-refractivity contribution in [1.29, 1.82) is 0 Å². The molecule has 5 unspecified atom stereocenters. The lowest BCUT2D eigenvalue weighted by Crippen LogP contribution is -2.59. The predicted molar refractivity (Wildman–Crippen MR) is 102 cm³/mol. The molecule has 0 bridgehead atoms. The van der Waals surface area contributed by atoms with Crippen molar-refractivity contribution in [3.63, 3.8) is 0 Å². The third-order valence-corrected chi connectivity index (χ3v) is 5.14. The lowest BCUT2D eigenvalue weighted by atomic mass is 9.98. The zero-order valence-electron chi connectivity index (χ0n) is 16.0. The molecule has 3 heterocycles. The van der Waals surface area contributed by atoms with Crippen LogP contribution in [0, 0.1) is 0 Å². The van der Waals surface area contributed by atoms with Crippen LogP contribution in [0.3, 0.4) is 0 Å². The van der Waals surface area contributed by atoms with Gasteiger partial charge in [-0.05, 0) is 45.4 Å². The number of hydrazone groups is 1. The first-order valence-corrected chi connectivity index (χ1v) is 9.88. The number of benzene rings is 1. The minimum Gasteiger partial charge on any atom is -0.342 e. The molecular weight excluding hydrogens is 432 g/mol. The van der Waals surface area contributed by atoms with Gasteiger partial charge >= 0.3 is 0 Å². The summed E-state index contributed by atoms with van der Waals surface area (Å²) in [6, 6.07) is 7.55. The lowest BCUT2D eigenvalue weighted by molar-refractivity contribution is -0.231. The second-order valence-electron chi connectivity index (χ2n) is 7.88. The zero-order chi connectivity index (χ0) is 20.1. The molecule has 1 aromatic carbocycles. The van der Waals surface area contributed by atoms with Crippen molar-refractivity contribution < 1.29 is 28.5 Å². The number of nitrogens with one attached hydrogen (secondary N) is 1. The minimum atomic E-state index is -0.940. The Morgan fingerprint density at radius 2 is 1.75 bits per heavy atom. The van der Waals surface area contributed by atoms with Crippen LogP contribution in [0.25, 0.3) is 0 Å². The smallest absolute Gasteiger partial charge is 0.272 e. The fourth-order valence-electron chi connectivity index (χ4n) is 3.64. The highest BCUT2D eigenvalue weighted by molar-refractivity contribution is 9.10. The Hall–Kier alpha value is -1.36. The van der Waals surface area contributed by atoms with Crippen molar-refractivity contribution >= 4 is 28.1 Å². The topological polar surface area (TPSA) is 87.6 Å². The Kier molecular flexibility index (Phi) is 5.09. The zero-order valence-corrected chi connectivity index (χ0v) is 17.6. The Morgan fingerprint density at radius 3 is 2.50 bits per heavy atom. The molecule has 0 aliphatic carbocycles. The minimum absolute atomic E-state index is 0.436. The summed E-state index contributed by atoms with van der Waals surface area (Å²) in [6.45, 7) is 7.17. The van der Waals surface area contributed by atoms with Gasteiger partial charge in [-0.15, -0.1) is 0 Å². The van der Waals surface area contributed by atoms with E-state index in [4.69, 9.17) is 23.7 Å². The van der Waals surface area contributed by atoms with E-state index in [1.807, 2.05) is 24.3 Å². The summed E-state index contributed by atoms with van der Waals surface area (Å²) in [6.07, 6.45) is -1.70. The highest BCUT2D eigenvalue weighted by atomic mass is 79.9. The summed E-state index contributed by atoms with van der Waals surface area (Å²) < 4.78 is 30.5. The van der Waals surface area contributed by atoms with Crippen LogP contribution in [0.2, 0.25) is 0 Å². The molecule has 3 fully saturated rings. The van der Waals surface area contributed by atoms with Gasteiger partial charge in [-0.1, -0.05) is 28.1 Å². The molecular formula is C19H23BrN2O6. The Labute approximate surface area is 171 Å². The van der Waals surface area contributed by atoms with E-state index in [0.29, 0.717) is 0 Å². The molecule has 9 heteroatoms. The molecule has 3 aliphatic rings. The number of nitrogens with zero attached hydrogens (tertiary/aromatic N) is 1. The van der Waals surface area contributed by atoms with E-state index in [1.165, 1.54) is 0 Å². The van der Waals surface area contributed by atoms with Gasteiger partial charge < -0.3 is 23.7 Å². The largest absolute Gasteiger partial charge is 0.342 e. The lowest BCUT2D eigenvalue weighted by Gasteiger charge is -2.36. The van der Waals surface area contributed by atoms with E-state index in [2.05, 4.69) is 26.5 Å². The molecule has 5 atom stereocenters. The number of amides is 1. The van der Waals surface area contributed by atoms with Gasteiger partial charge in [0.1, 0.15) is 18.3 Å². The van der Waals surface area contributed by atoms with Crippen molar-refractivity contribution in [2.75, 3.05) is 0 Å². The highest BCUT2D eigenvalue weighted by Gasteiger charge is 2.62. The van der Waals surface area contributed by atoms with Crippen LogP contribution in [-0.4, -0.2) is 54.4 Å². The Balaban J connectivity index is 1.49. The standard InChI is InChI=1S/C19H23BrN2O6/c1-18(2)25-12-13(26-18)15-17(28-19(3,4)27-15)24-14(12)16(23)22-21-9-10-6-5-7-11(20)8-10/h5-9,12-15,17H,1-4H3,(H,22,23). The quantitative estimate of drug-likeness (QED) is 0.556. The van der Waals surface area contributed by atoms with Gasteiger partial charge in [-0.25, -0.2) is 5.43 Å². The van der Waals surface area contributed by atoms with Crippen LogP contribution < -0.4 is 5.43 Å². The first kappa shape index (κ1) is 19.9. The van der Waals surface area contributed by atoms with E-state index in [0.717, 1.165) is 10.0 Å². The van der Waals surface area contributed by atoms with E-state index in [-0.39, 0.29) is 0 Å². The van der Waals surface area contributed by atoms with Gasteiger partial charge in [0, 0.05) is 4.47 Å². The van der Waals surface area contributed by atoms with Crippen molar-refractivity contribution in [1.82, 2.24) is 5.43 Å². The fraction of sp³-hybridized carbons (Fsp3) is 0.579. The molecule has 0 saturated carbocycles. The number of carbonyl (C=O) groups excluding carboxylic acids is 1. The molecule has 8 nitrogen and oxygen atoms in total. The van der Waals surface area contributed by atoms with Crippen molar-refractivity contribution in [3.05, 3.63) is 34.3 Å². The number of fused-ring (bicyclic) bond motifs is 3. The van der Waals surface area contributed by atoms with Crippen molar-refractivity contribution in [2.24, 2.45) is 5.10 Å². The van der Waals surface area contributed by atoms with Crippen molar-refractivity contribution in [3.8, 4) is 0 Å². The first-order valence-electron chi connectivity index (χ1n) is 9.09. The van der Waals surface area contributed by atoms with E-state index in [9.17, 15) is 4.79 Å². The van der Waals surface area contributed by atoms with E-state index >= 15 is 0 Å².